The van der Waals surface area contributed by atoms with Gasteiger partial charge in [-0.3, -0.25) is 0 Å². The van der Waals surface area contributed by atoms with Crippen LogP contribution in [-0.4, -0.2) is 6.54 Å². The standard InChI is InChI=1S/C19H25NO/c1-4-11-20-13-18-12-15(2)9-10-19(18)21-14-17-8-6-5-7-16(17)3/h5-10,12,20H,4,11,13-14H2,1-3H3. The van der Waals surface area contributed by atoms with Gasteiger partial charge < -0.3 is 10.1 Å². The summed E-state index contributed by atoms with van der Waals surface area (Å²) in [4.78, 5) is 0. The molecule has 2 heteroatoms. The first-order chi connectivity index (χ1) is 10.2. The Morgan fingerprint density at radius 3 is 2.57 bits per heavy atom. The minimum atomic E-state index is 0.622. The normalized spacial score (nSPS) is 10.6. The molecule has 0 spiro atoms. The monoisotopic (exact) mass is 283 g/mol. The van der Waals surface area contributed by atoms with Crippen LogP contribution in [0.3, 0.4) is 0 Å². The van der Waals surface area contributed by atoms with Crippen LogP contribution >= 0.6 is 0 Å². The zero-order valence-electron chi connectivity index (χ0n) is 13.3. The highest BCUT2D eigenvalue weighted by Crippen LogP contribution is 2.22. The van der Waals surface area contributed by atoms with Gasteiger partial charge in [0.1, 0.15) is 12.4 Å². The minimum absolute atomic E-state index is 0.622. The SMILES string of the molecule is CCCNCc1cc(C)ccc1OCc1ccccc1C. The van der Waals surface area contributed by atoms with Gasteiger partial charge in [-0.1, -0.05) is 48.9 Å². The number of ether oxygens (including phenoxy) is 1. The fourth-order valence-corrected chi connectivity index (χ4v) is 2.31. The molecule has 0 radical (unpaired) electrons. The van der Waals surface area contributed by atoms with Gasteiger partial charge in [-0.2, -0.15) is 0 Å². The van der Waals surface area contributed by atoms with Crippen molar-refractivity contribution in [3.05, 3.63) is 64.7 Å². The molecule has 112 valence electrons. The second kappa shape index (κ2) is 7.84. The molecule has 0 fully saturated rings. The minimum Gasteiger partial charge on any atom is -0.489 e. The first-order valence-electron chi connectivity index (χ1n) is 7.68. The lowest BCUT2D eigenvalue weighted by Crippen LogP contribution is -2.15. The van der Waals surface area contributed by atoms with Crippen LogP contribution in [-0.2, 0) is 13.2 Å². The summed E-state index contributed by atoms with van der Waals surface area (Å²) < 4.78 is 6.05. The van der Waals surface area contributed by atoms with Crippen molar-refractivity contribution in [3.63, 3.8) is 0 Å². The highest BCUT2D eigenvalue weighted by Gasteiger charge is 2.05. The number of rotatable bonds is 7. The Morgan fingerprint density at radius 2 is 1.81 bits per heavy atom. The van der Waals surface area contributed by atoms with Crippen molar-refractivity contribution in [2.45, 2.75) is 40.3 Å². The lowest BCUT2D eigenvalue weighted by Gasteiger charge is -2.14. The maximum Gasteiger partial charge on any atom is 0.124 e. The van der Waals surface area contributed by atoms with Crippen LogP contribution in [0.15, 0.2) is 42.5 Å². The first-order valence-corrected chi connectivity index (χ1v) is 7.68. The molecule has 0 aliphatic rings. The molecule has 0 bridgehead atoms. The Hall–Kier alpha value is -1.80. The number of benzene rings is 2. The van der Waals surface area contributed by atoms with E-state index in [1.165, 1.54) is 22.3 Å². The molecular formula is C19H25NO. The van der Waals surface area contributed by atoms with Gasteiger partial charge in [0.15, 0.2) is 0 Å². The van der Waals surface area contributed by atoms with Crippen LogP contribution in [0.1, 0.15) is 35.6 Å². The Bertz CT molecular complexity index is 578. The topological polar surface area (TPSA) is 21.3 Å². The third-order valence-corrected chi connectivity index (χ3v) is 3.60. The zero-order chi connectivity index (χ0) is 15.1. The van der Waals surface area contributed by atoms with Crippen molar-refractivity contribution in [1.82, 2.24) is 5.32 Å². The second-order valence-electron chi connectivity index (χ2n) is 5.50. The van der Waals surface area contributed by atoms with Crippen molar-refractivity contribution in [3.8, 4) is 5.75 Å². The Morgan fingerprint density at radius 1 is 1.00 bits per heavy atom. The second-order valence-corrected chi connectivity index (χ2v) is 5.50. The van der Waals surface area contributed by atoms with Crippen LogP contribution in [0.4, 0.5) is 0 Å². The van der Waals surface area contributed by atoms with Gasteiger partial charge in [0.25, 0.3) is 0 Å². The van der Waals surface area contributed by atoms with Crippen LogP contribution in [0.25, 0.3) is 0 Å². The van der Waals surface area contributed by atoms with Crippen molar-refractivity contribution in [2.24, 2.45) is 0 Å². The van der Waals surface area contributed by atoms with Crippen LogP contribution in [0.2, 0.25) is 0 Å². The smallest absolute Gasteiger partial charge is 0.124 e. The van der Waals surface area contributed by atoms with Crippen molar-refractivity contribution in [1.29, 1.82) is 0 Å². The molecule has 0 aliphatic heterocycles. The van der Waals surface area contributed by atoms with Gasteiger partial charge in [0, 0.05) is 12.1 Å². The number of nitrogens with one attached hydrogen (secondary N) is 1. The Balaban J connectivity index is 2.06. The molecule has 21 heavy (non-hydrogen) atoms. The van der Waals surface area contributed by atoms with Crippen molar-refractivity contribution in [2.75, 3.05) is 6.54 Å². The summed E-state index contributed by atoms with van der Waals surface area (Å²) in [6, 6.07) is 14.8. The van der Waals surface area contributed by atoms with E-state index < -0.39 is 0 Å². The summed E-state index contributed by atoms with van der Waals surface area (Å²) in [7, 11) is 0. The fraction of sp³-hybridized carbons (Fsp3) is 0.368. The molecule has 0 saturated carbocycles. The number of aryl methyl sites for hydroxylation is 2. The van der Waals surface area contributed by atoms with E-state index in [1.807, 2.05) is 0 Å². The van der Waals surface area contributed by atoms with Gasteiger partial charge >= 0.3 is 0 Å². The van der Waals surface area contributed by atoms with E-state index in [-0.39, 0.29) is 0 Å². The van der Waals surface area contributed by atoms with Crippen LogP contribution in [0, 0.1) is 13.8 Å². The third-order valence-electron chi connectivity index (χ3n) is 3.60. The molecule has 2 rings (SSSR count). The third kappa shape index (κ3) is 4.61. The molecule has 0 aliphatic carbocycles. The Kier molecular flexibility index (Phi) is 5.82. The lowest BCUT2D eigenvalue weighted by atomic mass is 10.1. The van der Waals surface area contributed by atoms with E-state index in [0.29, 0.717) is 6.61 Å². The Labute approximate surface area is 128 Å². The lowest BCUT2D eigenvalue weighted by molar-refractivity contribution is 0.301. The van der Waals surface area contributed by atoms with Crippen LogP contribution < -0.4 is 10.1 Å². The maximum absolute atomic E-state index is 6.05. The summed E-state index contributed by atoms with van der Waals surface area (Å²) in [5.74, 6) is 0.979. The van der Waals surface area contributed by atoms with Crippen LogP contribution in [0.5, 0.6) is 5.75 Å². The summed E-state index contributed by atoms with van der Waals surface area (Å²) in [5.41, 5.74) is 5.02. The van der Waals surface area contributed by atoms with Gasteiger partial charge in [0.2, 0.25) is 0 Å². The summed E-state index contributed by atoms with van der Waals surface area (Å²) >= 11 is 0. The average Bonchev–Trinajstić information content (AvgIpc) is 2.48. The van der Waals surface area contributed by atoms with Gasteiger partial charge in [0.05, 0.1) is 0 Å². The summed E-state index contributed by atoms with van der Waals surface area (Å²) in [6.07, 6.45) is 1.14. The highest BCUT2D eigenvalue weighted by atomic mass is 16.5. The van der Waals surface area contributed by atoms with E-state index in [4.69, 9.17) is 4.74 Å². The largest absolute Gasteiger partial charge is 0.489 e. The molecule has 1 N–H and O–H groups in total. The number of hydrogen-bond acceptors (Lipinski definition) is 2. The van der Waals surface area contributed by atoms with E-state index >= 15 is 0 Å². The zero-order valence-corrected chi connectivity index (χ0v) is 13.3. The number of hydrogen-bond donors (Lipinski definition) is 1. The van der Waals surface area contributed by atoms with Gasteiger partial charge in [-0.15, -0.1) is 0 Å². The summed E-state index contributed by atoms with van der Waals surface area (Å²) in [6.45, 7) is 8.94. The predicted molar refractivity (Wildman–Crippen MR) is 88.7 cm³/mol. The van der Waals surface area contributed by atoms with Gasteiger partial charge in [-0.05, 0) is 44.0 Å². The van der Waals surface area contributed by atoms with E-state index in [0.717, 1.165) is 25.3 Å². The summed E-state index contributed by atoms with van der Waals surface area (Å²) in [5, 5.41) is 3.45. The molecule has 2 aromatic carbocycles. The fourth-order valence-electron chi connectivity index (χ4n) is 2.31. The van der Waals surface area contributed by atoms with E-state index in [2.05, 4.69) is 68.6 Å². The predicted octanol–water partition coefficient (Wildman–Crippen LogP) is 4.38. The molecule has 2 nitrogen and oxygen atoms in total. The molecule has 0 atom stereocenters. The molecule has 2 aromatic rings. The molecule has 0 heterocycles. The molecule has 0 saturated heterocycles. The van der Waals surface area contributed by atoms with E-state index in [9.17, 15) is 0 Å². The van der Waals surface area contributed by atoms with Crippen molar-refractivity contribution >= 4 is 0 Å². The quantitative estimate of drug-likeness (QED) is 0.761. The molecular weight excluding hydrogens is 258 g/mol. The van der Waals surface area contributed by atoms with Crippen molar-refractivity contribution < 1.29 is 4.74 Å². The highest BCUT2D eigenvalue weighted by molar-refractivity contribution is 5.37. The first kappa shape index (κ1) is 15.6. The maximum atomic E-state index is 6.05. The average molecular weight is 283 g/mol. The van der Waals surface area contributed by atoms with E-state index in [1.54, 1.807) is 0 Å². The van der Waals surface area contributed by atoms with Gasteiger partial charge in [-0.25, -0.2) is 0 Å². The molecule has 0 amide bonds. The molecule has 0 aromatic heterocycles. The molecule has 0 unspecified atom stereocenters.